The molecule has 0 atom stereocenters. The first-order valence-electron chi connectivity index (χ1n) is 11.2. The Hall–Kier alpha value is -2.49. The van der Waals surface area contributed by atoms with E-state index in [4.69, 9.17) is 23.2 Å². The van der Waals surface area contributed by atoms with Crippen molar-refractivity contribution in [3.05, 3.63) is 99.5 Å². The molecule has 1 fully saturated rings. The van der Waals surface area contributed by atoms with Crippen LogP contribution in [0.1, 0.15) is 49.3 Å². The fourth-order valence-corrected chi connectivity index (χ4v) is 5.08. The van der Waals surface area contributed by atoms with Crippen molar-refractivity contribution in [2.24, 2.45) is 0 Å². The number of rotatable bonds is 5. The predicted molar refractivity (Wildman–Crippen MR) is 134 cm³/mol. The molecule has 3 aromatic carbocycles. The van der Waals surface area contributed by atoms with Crippen molar-refractivity contribution in [2.75, 3.05) is 5.32 Å². The van der Waals surface area contributed by atoms with E-state index in [1.54, 1.807) is 0 Å². The number of hydrogen-bond donors (Lipinski definition) is 2. The Bertz CT molecular complexity index is 1010. The highest BCUT2D eigenvalue weighted by molar-refractivity contribution is 6.30. The lowest BCUT2D eigenvalue weighted by Crippen LogP contribution is -2.44. The largest absolute Gasteiger partial charge is 0.335 e. The molecular weight excluding hydrogens is 439 g/mol. The van der Waals surface area contributed by atoms with Gasteiger partial charge in [-0.25, -0.2) is 4.79 Å². The lowest BCUT2D eigenvalue weighted by Gasteiger charge is -2.41. The number of hydrogen-bond acceptors (Lipinski definition) is 1. The molecule has 0 radical (unpaired) electrons. The number of amides is 2. The van der Waals surface area contributed by atoms with E-state index in [0.29, 0.717) is 0 Å². The van der Waals surface area contributed by atoms with Crippen LogP contribution in [-0.2, 0) is 11.8 Å². The van der Waals surface area contributed by atoms with Crippen LogP contribution >= 0.6 is 23.2 Å². The maximum atomic E-state index is 12.7. The van der Waals surface area contributed by atoms with Crippen LogP contribution < -0.4 is 10.6 Å². The third-order valence-corrected chi connectivity index (χ3v) is 7.12. The van der Waals surface area contributed by atoms with Gasteiger partial charge in [-0.3, -0.25) is 0 Å². The number of carbonyl (C=O) groups excluding carboxylic acids is 1. The van der Waals surface area contributed by atoms with Gasteiger partial charge in [-0.2, -0.15) is 0 Å². The SMILES string of the molecule is CCc1ccccc1NC(=O)NC1CCC(c2ccc(Cl)cc2)(c2ccc(Cl)cc2)CC1. The monoisotopic (exact) mass is 466 g/mol. The van der Waals surface area contributed by atoms with Gasteiger partial charge >= 0.3 is 6.03 Å². The van der Waals surface area contributed by atoms with E-state index in [1.165, 1.54) is 11.1 Å². The number of carbonyl (C=O) groups is 1. The van der Waals surface area contributed by atoms with E-state index in [2.05, 4.69) is 41.8 Å². The number of halogens is 2. The summed E-state index contributed by atoms with van der Waals surface area (Å²) < 4.78 is 0. The first kappa shape index (κ1) is 22.7. The molecule has 32 heavy (non-hydrogen) atoms. The van der Waals surface area contributed by atoms with E-state index in [9.17, 15) is 4.79 Å². The topological polar surface area (TPSA) is 41.1 Å². The summed E-state index contributed by atoms with van der Waals surface area (Å²) in [6, 6.07) is 24.3. The molecule has 1 aliphatic carbocycles. The average molecular weight is 467 g/mol. The van der Waals surface area contributed by atoms with E-state index in [-0.39, 0.29) is 17.5 Å². The van der Waals surface area contributed by atoms with Gasteiger partial charge in [0.1, 0.15) is 0 Å². The molecule has 3 nitrogen and oxygen atoms in total. The van der Waals surface area contributed by atoms with E-state index in [0.717, 1.165) is 53.4 Å². The molecule has 1 aliphatic rings. The summed E-state index contributed by atoms with van der Waals surface area (Å²) in [4.78, 5) is 12.7. The fraction of sp³-hybridized carbons (Fsp3) is 0.296. The normalized spacial score (nSPS) is 15.8. The summed E-state index contributed by atoms with van der Waals surface area (Å²) in [5.41, 5.74) is 4.40. The number of aryl methyl sites for hydroxylation is 1. The molecule has 0 saturated heterocycles. The Morgan fingerprint density at radius 2 is 1.41 bits per heavy atom. The Labute approximate surface area is 200 Å². The van der Waals surface area contributed by atoms with Gasteiger partial charge in [0.25, 0.3) is 0 Å². The van der Waals surface area contributed by atoms with Crippen molar-refractivity contribution in [1.29, 1.82) is 0 Å². The second-order valence-electron chi connectivity index (χ2n) is 8.48. The minimum absolute atomic E-state index is 0.112. The summed E-state index contributed by atoms with van der Waals surface area (Å²) in [5.74, 6) is 0. The van der Waals surface area contributed by atoms with E-state index in [1.807, 2.05) is 48.5 Å². The van der Waals surface area contributed by atoms with Gasteiger partial charge < -0.3 is 10.6 Å². The summed E-state index contributed by atoms with van der Waals surface area (Å²) in [5, 5.41) is 7.68. The molecule has 0 aliphatic heterocycles. The highest BCUT2D eigenvalue weighted by Crippen LogP contribution is 2.45. The van der Waals surface area contributed by atoms with Gasteiger partial charge in [0.15, 0.2) is 0 Å². The van der Waals surface area contributed by atoms with E-state index >= 15 is 0 Å². The third kappa shape index (κ3) is 4.95. The molecule has 0 bridgehead atoms. The number of para-hydroxylation sites is 1. The molecule has 5 heteroatoms. The second kappa shape index (κ2) is 9.97. The van der Waals surface area contributed by atoms with Crippen molar-refractivity contribution in [3.8, 4) is 0 Å². The smallest absolute Gasteiger partial charge is 0.319 e. The van der Waals surface area contributed by atoms with E-state index < -0.39 is 0 Å². The van der Waals surface area contributed by atoms with Gasteiger partial charge in [-0.15, -0.1) is 0 Å². The highest BCUT2D eigenvalue weighted by Gasteiger charge is 2.38. The summed E-state index contributed by atoms with van der Waals surface area (Å²) >= 11 is 12.3. The zero-order chi connectivity index (χ0) is 22.6. The first-order valence-corrected chi connectivity index (χ1v) is 11.9. The lowest BCUT2D eigenvalue weighted by molar-refractivity contribution is 0.236. The van der Waals surface area contributed by atoms with Crippen LogP contribution in [0.15, 0.2) is 72.8 Å². The van der Waals surface area contributed by atoms with Gasteiger partial charge in [0.2, 0.25) is 0 Å². The summed E-state index contributed by atoms with van der Waals surface area (Å²) in [6.45, 7) is 2.09. The highest BCUT2D eigenvalue weighted by atomic mass is 35.5. The Kier molecular flexibility index (Phi) is 7.07. The minimum Gasteiger partial charge on any atom is -0.335 e. The fourth-order valence-electron chi connectivity index (χ4n) is 4.83. The molecule has 0 heterocycles. The standard InChI is InChI=1S/C27H28Cl2N2O/c1-2-19-5-3-4-6-25(19)31-26(32)30-24-15-17-27(18-16-24,20-7-11-22(28)12-8-20)21-9-13-23(29)14-10-21/h3-14,24H,2,15-18H2,1H3,(H2,30,31,32). The van der Waals surface area contributed by atoms with Crippen LogP contribution in [-0.4, -0.2) is 12.1 Å². The zero-order valence-electron chi connectivity index (χ0n) is 18.2. The summed E-state index contributed by atoms with van der Waals surface area (Å²) in [6.07, 6.45) is 4.55. The Morgan fingerprint density at radius 1 is 0.875 bits per heavy atom. The molecule has 2 N–H and O–H groups in total. The van der Waals surface area contributed by atoms with Crippen LogP contribution in [0.2, 0.25) is 10.0 Å². The van der Waals surface area contributed by atoms with Crippen molar-refractivity contribution in [3.63, 3.8) is 0 Å². The molecule has 166 valence electrons. The molecule has 3 aromatic rings. The Balaban J connectivity index is 1.48. The molecule has 2 amide bonds. The third-order valence-electron chi connectivity index (χ3n) is 6.61. The number of anilines is 1. The van der Waals surface area contributed by atoms with Crippen LogP contribution in [0, 0.1) is 0 Å². The van der Waals surface area contributed by atoms with Crippen molar-refractivity contribution >= 4 is 34.9 Å². The first-order chi connectivity index (χ1) is 15.5. The quantitative estimate of drug-likeness (QED) is 0.398. The maximum Gasteiger partial charge on any atom is 0.319 e. The minimum atomic E-state index is -0.138. The van der Waals surface area contributed by atoms with Crippen LogP contribution in [0.5, 0.6) is 0 Å². The number of benzene rings is 3. The van der Waals surface area contributed by atoms with Crippen LogP contribution in [0.3, 0.4) is 0 Å². The van der Waals surface area contributed by atoms with Crippen molar-refractivity contribution < 1.29 is 4.79 Å². The predicted octanol–water partition coefficient (Wildman–Crippen LogP) is 7.61. The van der Waals surface area contributed by atoms with Crippen molar-refractivity contribution in [1.82, 2.24) is 5.32 Å². The number of urea groups is 1. The van der Waals surface area contributed by atoms with Gasteiger partial charge in [0, 0.05) is 27.2 Å². The molecule has 4 rings (SSSR count). The van der Waals surface area contributed by atoms with Crippen LogP contribution in [0.4, 0.5) is 10.5 Å². The molecule has 0 spiro atoms. The van der Waals surface area contributed by atoms with Crippen LogP contribution in [0.25, 0.3) is 0 Å². The van der Waals surface area contributed by atoms with Crippen molar-refractivity contribution in [2.45, 2.75) is 50.5 Å². The van der Waals surface area contributed by atoms with Gasteiger partial charge in [0.05, 0.1) is 0 Å². The second-order valence-corrected chi connectivity index (χ2v) is 9.35. The Morgan fingerprint density at radius 3 is 1.94 bits per heavy atom. The zero-order valence-corrected chi connectivity index (χ0v) is 19.7. The molecule has 0 aromatic heterocycles. The molecular formula is C27H28Cl2N2O. The maximum absolute atomic E-state index is 12.7. The van der Waals surface area contributed by atoms with Gasteiger partial charge in [-0.05, 0) is 79.1 Å². The number of nitrogens with one attached hydrogen (secondary N) is 2. The lowest BCUT2D eigenvalue weighted by atomic mass is 9.64. The van der Waals surface area contributed by atoms with Gasteiger partial charge in [-0.1, -0.05) is 72.6 Å². The molecule has 1 saturated carbocycles. The summed E-state index contributed by atoms with van der Waals surface area (Å²) in [7, 11) is 0. The average Bonchev–Trinajstić information content (AvgIpc) is 2.81. The molecule has 0 unspecified atom stereocenters.